The lowest BCUT2D eigenvalue weighted by Gasteiger charge is -2.33. The van der Waals surface area contributed by atoms with Crippen LogP contribution >= 0.6 is 0 Å². The van der Waals surface area contributed by atoms with Crippen molar-refractivity contribution in [3.63, 3.8) is 0 Å². The maximum absolute atomic E-state index is 14.9. The first-order valence-electron chi connectivity index (χ1n) is 12.4. The van der Waals surface area contributed by atoms with Gasteiger partial charge in [0.05, 0.1) is 6.20 Å². The van der Waals surface area contributed by atoms with Crippen LogP contribution < -0.4 is 5.32 Å². The maximum Gasteiger partial charge on any atom is 0.264 e. The molecule has 7 nitrogen and oxygen atoms in total. The maximum atomic E-state index is 14.9. The van der Waals surface area contributed by atoms with E-state index in [0.29, 0.717) is 5.82 Å². The van der Waals surface area contributed by atoms with Crippen LogP contribution in [0.3, 0.4) is 0 Å². The number of likely N-dealkylation sites (N-methyl/N-ethyl adjacent to an activating group) is 1. The average Bonchev–Trinajstić information content (AvgIpc) is 2.91. The molecule has 0 radical (unpaired) electrons. The molecule has 0 spiro atoms. The molecule has 0 atom stereocenters. The Morgan fingerprint density at radius 2 is 1.68 bits per heavy atom. The minimum absolute atomic E-state index is 0.00280. The second-order valence-electron chi connectivity index (χ2n) is 9.29. The van der Waals surface area contributed by atoms with E-state index in [0.717, 1.165) is 57.1 Å². The number of hydrogen-bond acceptors (Lipinski definition) is 7. The third-order valence-corrected chi connectivity index (χ3v) is 6.66. The van der Waals surface area contributed by atoms with Crippen molar-refractivity contribution >= 4 is 22.7 Å². The summed E-state index contributed by atoms with van der Waals surface area (Å²) in [5, 5.41) is 2.83. The molecular weight excluding hydrogens is 498 g/mol. The number of rotatable bonds is 7. The third kappa shape index (κ3) is 5.58. The Morgan fingerprint density at radius 1 is 0.921 bits per heavy atom. The first-order valence-corrected chi connectivity index (χ1v) is 12.4. The number of aromatic nitrogens is 4. The summed E-state index contributed by atoms with van der Waals surface area (Å²) in [6, 6.07) is 7.23. The lowest BCUT2D eigenvalue weighted by Crippen LogP contribution is -2.45. The van der Waals surface area contributed by atoms with Crippen molar-refractivity contribution in [3.05, 3.63) is 71.2 Å². The Balaban J connectivity index is 1.36. The minimum atomic E-state index is -2.85. The molecule has 0 amide bonds. The molecule has 0 aliphatic carbocycles. The normalized spacial score (nSPS) is 14.9. The van der Waals surface area contributed by atoms with Crippen LogP contribution in [0, 0.1) is 18.6 Å². The molecule has 0 bridgehead atoms. The Labute approximate surface area is 217 Å². The van der Waals surface area contributed by atoms with Crippen molar-refractivity contribution in [1.29, 1.82) is 0 Å². The number of nitrogens with zero attached hydrogens (tertiary/aromatic N) is 6. The standard InChI is InChI=1S/C27H27F4N7/c1-3-37-6-8-38(9-7-37)15-17-4-5-23(32-13-17)35-27-33-14-22(29)24(36-27)18-11-19-20(26(30)31)10-16(2)34-25(19)21(28)12-18/h4-5,10-14,26H,3,6-9,15H2,1-2H3,(H,32,33,35,36). The van der Waals surface area contributed by atoms with Crippen molar-refractivity contribution in [3.8, 4) is 11.3 Å². The monoisotopic (exact) mass is 525 g/mol. The van der Waals surface area contributed by atoms with Gasteiger partial charge >= 0.3 is 0 Å². The van der Waals surface area contributed by atoms with Gasteiger partial charge in [0.25, 0.3) is 6.43 Å². The number of nitrogens with one attached hydrogen (secondary N) is 1. The number of aryl methyl sites for hydroxylation is 1. The van der Waals surface area contributed by atoms with Crippen LogP contribution in [0.2, 0.25) is 0 Å². The van der Waals surface area contributed by atoms with Gasteiger partial charge in [0.1, 0.15) is 22.8 Å². The zero-order valence-electron chi connectivity index (χ0n) is 21.1. The van der Waals surface area contributed by atoms with Gasteiger partial charge in [-0.2, -0.15) is 0 Å². The highest BCUT2D eigenvalue weighted by Crippen LogP contribution is 2.33. The third-order valence-electron chi connectivity index (χ3n) is 6.66. The summed E-state index contributed by atoms with van der Waals surface area (Å²) in [6.07, 6.45) is -0.145. The molecule has 1 aliphatic rings. The van der Waals surface area contributed by atoms with Gasteiger partial charge in [-0.25, -0.2) is 32.5 Å². The van der Waals surface area contributed by atoms with E-state index < -0.39 is 18.1 Å². The number of benzene rings is 1. The summed E-state index contributed by atoms with van der Waals surface area (Å²) in [5.74, 6) is -1.18. The van der Waals surface area contributed by atoms with E-state index in [1.807, 2.05) is 6.07 Å². The summed E-state index contributed by atoms with van der Waals surface area (Å²) < 4.78 is 56.9. The Hall–Kier alpha value is -3.70. The van der Waals surface area contributed by atoms with E-state index in [2.05, 4.69) is 42.0 Å². The largest absolute Gasteiger partial charge is 0.309 e. The number of alkyl halides is 2. The van der Waals surface area contributed by atoms with Crippen molar-refractivity contribution < 1.29 is 17.6 Å². The fourth-order valence-corrected chi connectivity index (χ4v) is 4.62. The molecule has 0 saturated carbocycles. The second-order valence-corrected chi connectivity index (χ2v) is 9.29. The predicted octanol–water partition coefficient (Wildman–Crippen LogP) is 5.49. The van der Waals surface area contributed by atoms with E-state index in [1.165, 1.54) is 19.1 Å². The molecular formula is C27H27F4N7. The molecule has 5 rings (SSSR count). The van der Waals surface area contributed by atoms with Gasteiger partial charge in [0, 0.05) is 61.1 Å². The highest BCUT2D eigenvalue weighted by molar-refractivity contribution is 5.88. The topological polar surface area (TPSA) is 70.1 Å². The zero-order valence-corrected chi connectivity index (χ0v) is 21.1. The molecule has 38 heavy (non-hydrogen) atoms. The van der Waals surface area contributed by atoms with Crippen LogP contribution in [0.1, 0.15) is 30.2 Å². The van der Waals surface area contributed by atoms with Crippen molar-refractivity contribution in [2.24, 2.45) is 0 Å². The zero-order chi connectivity index (χ0) is 26.8. The number of piperazine rings is 1. The number of fused-ring (bicyclic) bond motifs is 1. The van der Waals surface area contributed by atoms with Gasteiger partial charge in [-0.3, -0.25) is 9.88 Å². The van der Waals surface area contributed by atoms with Crippen molar-refractivity contribution in [2.75, 3.05) is 38.0 Å². The quantitative estimate of drug-likeness (QED) is 0.320. The van der Waals surface area contributed by atoms with Crippen molar-refractivity contribution in [2.45, 2.75) is 26.8 Å². The molecule has 1 aromatic carbocycles. The molecule has 4 aromatic rings. The van der Waals surface area contributed by atoms with Gasteiger partial charge in [0.2, 0.25) is 5.95 Å². The van der Waals surface area contributed by atoms with E-state index in [1.54, 1.807) is 12.3 Å². The van der Waals surface area contributed by atoms with Gasteiger partial charge in [0.15, 0.2) is 5.82 Å². The molecule has 1 fully saturated rings. The Bertz CT molecular complexity index is 1440. The Morgan fingerprint density at radius 3 is 2.37 bits per heavy atom. The highest BCUT2D eigenvalue weighted by atomic mass is 19.3. The number of hydrogen-bond donors (Lipinski definition) is 1. The summed E-state index contributed by atoms with van der Waals surface area (Å²) in [6.45, 7) is 9.64. The van der Waals surface area contributed by atoms with Crippen molar-refractivity contribution in [1.82, 2.24) is 29.7 Å². The predicted molar refractivity (Wildman–Crippen MR) is 137 cm³/mol. The molecule has 1 N–H and O–H groups in total. The number of anilines is 2. The van der Waals surface area contributed by atoms with E-state index in [9.17, 15) is 17.6 Å². The van der Waals surface area contributed by atoms with Crippen LogP contribution in [0.25, 0.3) is 22.2 Å². The molecule has 11 heteroatoms. The lowest BCUT2D eigenvalue weighted by molar-refractivity contribution is 0.132. The lowest BCUT2D eigenvalue weighted by atomic mass is 10.0. The first kappa shape index (κ1) is 25.9. The fraction of sp³-hybridized carbons (Fsp3) is 0.333. The summed E-state index contributed by atoms with van der Waals surface area (Å²) in [4.78, 5) is 21.4. The van der Waals surface area contributed by atoms with E-state index >= 15 is 0 Å². The van der Waals surface area contributed by atoms with Crippen LogP contribution in [-0.2, 0) is 6.54 Å². The first-order chi connectivity index (χ1) is 18.3. The molecule has 1 saturated heterocycles. The van der Waals surface area contributed by atoms with Gasteiger partial charge in [-0.1, -0.05) is 13.0 Å². The molecule has 1 aliphatic heterocycles. The number of pyridine rings is 2. The molecule has 198 valence electrons. The molecule has 0 unspecified atom stereocenters. The van der Waals surface area contributed by atoms with Gasteiger partial charge in [-0.15, -0.1) is 0 Å². The van der Waals surface area contributed by atoms with Gasteiger partial charge < -0.3 is 10.2 Å². The number of halogens is 4. The van der Waals surface area contributed by atoms with Crippen LogP contribution in [0.15, 0.2) is 42.7 Å². The molecule has 4 heterocycles. The van der Waals surface area contributed by atoms with Crippen LogP contribution in [0.4, 0.5) is 29.3 Å². The SMILES string of the molecule is CCN1CCN(Cc2ccc(Nc3ncc(F)c(-c4cc(F)c5nc(C)cc(C(F)F)c5c4)n3)nc2)CC1. The Kier molecular flexibility index (Phi) is 7.48. The average molecular weight is 526 g/mol. The summed E-state index contributed by atoms with van der Waals surface area (Å²) in [7, 11) is 0. The smallest absolute Gasteiger partial charge is 0.264 e. The van der Waals surface area contributed by atoms with Crippen LogP contribution in [0.5, 0.6) is 0 Å². The van der Waals surface area contributed by atoms with Gasteiger partial charge in [-0.05, 0) is 43.3 Å². The van der Waals surface area contributed by atoms with E-state index in [-0.39, 0.29) is 39.4 Å². The van der Waals surface area contributed by atoms with Crippen LogP contribution in [-0.4, -0.2) is 62.5 Å². The fourth-order valence-electron chi connectivity index (χ4n) is 4.62. The second kappa shape index (κ2) is 11.0. The highest BCUT2D eigenvalue weighted by Gasteiger charge is 2.20. The summed E-state index contributed by atoms with van der Waals surface area (Å²) in [5.41, 5.74) is 0.512. The minimum Gasteiger partial charge on any atom is -0.309 e. The summed E-state index contributed by atoms with van der Waals surface area (Å²) >= 11 is 0. The molecule has 3 aromatic heterocycles. The van der Waals surface area contributed by atoms with E-state index in [4.69, 9.17) is 0 Å².